The topological polar surface area (TPSA) is 120 Å². The molecule has 0 aromatic heterocycles. The van der Waals surface area contributed by atoms with E-state index in [1.165, 1.54) is 5.56 Å². The van der Waals surface area contributed by atoms with E-state index in [1.54, 1.807) is 31.2 Å². The minimum absolute atomic E-state index is 0.0605. The number of aryl methyl sites for hydroxylation is 1. The molecule has 204 valence electrons. The number of ketones is 1. The van der Waals surface area contributed by atoms with Crippen LogP contribution in [-0.4, -0.2) is 42.8 Å². The molecule has 0 unspecified atom stereocenters. The maximum absolute atomic E-state index is 12.9. The third kappa shape index (κ3) is 8.93. The number of hydrogen-bond acceptors (Lipinski definition) is 6. The standard InChI is InChI=1S/C28H33F2N3O5/c1-18(32-27(35)23-9-5-8-22(16-23)20-6-3-2-4-7-20)24(34)15-12-19-10-13-21(14-11-19)26(31)33-38-28(36)37-17-25(29)30/h2-4,6-7,10-11,13-14,18,22-23,25H,5,8-9,12,15-17H2,1H3,(H2,31,33)(H,32,35)/t18-,22-,23+/m0/s1. The van der Waals surface area contributed by atoms with Crippen molar-refractivity contribution in [1.29, 1.82) is 0 Å². The Bertz CT molecular complexity index is 1110. The van der Waals surface area contributed by atoms with Gasteiger partial charge in [-0.25, -0.2) is 13.6 Å². The van der Waals surface area contributed by atoms with Gasteiger partial charge in [0.05, 0.1) is 6.04 Å². The van der Waals surface area contributed by atoms with Crippen molar-refractivity contribution in [2.45, 2.75) is 63.8 Å². The number of nitrogens with one attached hydrogen (secondary N) is 1. The molecule has 3 atom stereocenters. The highest BCUT2D eigenvalue weighted by Gasteiger charge is 2.29. The predicted molar refractivity (Wildman–Crippen MR) is 138 cm³/mol. The Hall–Kier alpha value is -3.82. The second kappa shape index (κ2) is 14.2. The fourth-order valence-electron chi connectivity index (χ4n) is 4.49. The number of nitrogens with two attached hydrogens (primary N) is 1. The van der Waals surface area contributed by atoms with Crippen LogP contribution in [0.15, 0.2) is 59.8 Å². The van der Waals surface area contributed by atoms with E-state index in [1.807, 2.05) is 18.2 Å². The van der Waals surface area contributed by atoms with Gasteiger partial charge >= 0.3 is 6.16 Å². The Kier molecular flexibility index (Phi) is 10.7. The largest absolute Gasteiger partial charge is 0.535 e. The third-order valence-electron chi connectivity index (χ3n) is 6.61. The first-order chi connectivity index (χ1) is 18.2. The summed E-state index contributed by atoms with van der Waals surface area (Å²) < 4.78 is 28.2. The number of hydrogen-bond donors (Lipinski definition) is 2. The van der Waals surface area contributed by atoms with Crippen LogP contribution < -0.4 is 11.1 Å². The first-order valence-electron chi connectivity index (χ1n) is 12.7. The van der Waals surface area contributed by atoms with E-state index >= 15 is 0 Å². The van der Waals surface area contributed by atoms with Crippen molar-refractivity contribution in [3.05, 3.63) is 71.3 Å². The van der Waals surface area contributed by atoms with E-state index in [0.717, 1.165) is 31.2 Å². The van der Waals surface area contributed by atoms with Crippen LogP contribution in [0.25, 0.3) is 0 Å². The summed E-state index contributed by atoms with van der Waals surface area (Å²) in [7, 11) is 0. The van der Waals surface area contributed by atoms with Gasteiger partial charge in [-0.3, -0.25) is 14.4 Å². The molecular weight excluding hydrogens is 496 g/mol. The number of alkyl halides is 2. The number of amidine groups is 1. The monoisotopic (exact) mass is 529 g/mol. The molecule has 3 rings (SSSR count). The van der Waals surface area contributed by atoms with E-state index in [9.17, 15) is 23.2 Å². The van der Waals surface area contributed by atoms with Crippen molar-refractivity contribution in [1.82, 2.24) is 5.32 Å². The van der Waals surface area contributed by atoms with Gasteiger partial charge in [0.1, 0.15) is 0 Å². The molecule has 1 saturated carbocycles. The average Bonchev–Trinajstić information content (AvgIpc) is 2.94. The van der Waals surface area contributed by atoms with Gasteiger partial charge in [-0.2, -0.15) is 0 Å². The first kappa shape index (κ1) is 28.7. The van der Waals surface area contributed by atoms with E-state index in [-0.39, 0.29) is 29.9 Å². The van der Waals surface area contributed by atoms with Crippen molar-refractivity contribution in [3.8, 4) is 0 Å². The molecule has 1 aliphatic rings. The number of carbonyl (C=O) groups excluding carboxylic acids is 3. The lowest BCUT2D eigenvalue weighted by atomic mass is 9.77. The van der Waals surface area contributed by atoms with E-state index in [2.05, 4.69) is 32.2 Å². The lowest BCUT2D eigenvalue weighted by Gasteiger charge is -2.29. The summed E-state index contributed by atoms with van der Waals surface area (Å²) in [6.45, 7) is 0.615. The summed E-state index contributed by atoms with van der Waals surface area (Å²) in [5, 5.41) is 6.27. The zero-order valence-electron chi connectivity index (χ0n) is 21.3. The summed E-state index contributed by atoms with van der Waals surface area (Å²) in [5.74, 6) is -0.00523. The van der Waals surface area contributed by atoms with Crippen LogP contribution in [0.2, 0.25) is 0 Å². The molecule has 0 spiro atoms. The van der Waals surface area contributed by atoms with E-state index < -0.39 is 25.2 Å². The van der Waals surface area contributed by atoms with Crippen LogP contribution in [0.1, 0.15) is 61.6 Å². The van der Waals surface area contributed by atoms with Crippen molar-refractivity contribution >= 4 is 23.7 Å². The molecule has 0 aliphatic heterocycles. The van der Waals surface area contributed by atoms with Gasteiger partial charge in [0.25, 0.3) is 6.43 Å². The lowest BCUT2D eigenvalue weighted by molar-refractivity contribution is -0.130. The molecular formula is C28H33F2N3O5. The molecule has 2 aromatic carbocycles. The molecule has 1 aliphatic carbocycles. The molecule has 0 heterocycles. The molecule has 8 nitrogen and oxygen atoms in total. The number of nitrogens with zero attached hydrogens (tertiary/aromatic N) is 1. The highest BCUT2D eigenvalue weighted by molar-refractivity contribution is 5.97. The number of carbonyl (C=O) groups is 3. The molecule has 1 amide bonds. The fraction of sp³-hybridized carbons (Fsp3) is 0.429. The Labute approximate surface area is 220 Å². The second-order valence-electron chi connectivity index (χ2n) is 9.38. The Morgan fingerprint density at radius 1 is 1.08 bits per heavy atom. The number of Topliss-reactive ketones (excluding diaryl/α,β-unsaturated/α-hetero) is 1. The van der Waals surface area contributed by atoms with Crippen molar-refractivity contribution in [2.75, 3.05) is 6.61 Å². The maximum Gasteiger partial charge on any atom is 0.535 e. The van der Waals surface area contributed by atoms with Gasteiger partial charge in [0, 0.05) is 17.9 Å². The van der Waals surface area contributed by atoms with E-state index in [0.29, 0.717) is 17.9 Å². The number of benzene rings is 2. The van der Waals surface area contributed by atoms with Crippen LogP contribution in [0.5, 0.6) is 0 Å². The van der Waals surface area contributed by atoms with E-state index in [4.69, 9.17) is 5.73 Å². The maximum atomic E-state index is 12.9. The summed E-state index contributed by atoms with van der Waals surface area (Å²) in [5.41, 5.74) is 8.29. The van der Waals surface area contributed by atoms with Gasteiger partial charge in [-0.1, -0.05) is 66.2 Å². The Morgan fingerprint density at radius 2 is 1.79 bits per heavy atom. The summed E-state index contributed by atoms with van der Waals surface area (Å²) in [6, 6.07) is 16.4. The first-order valence-corrected chi connectivity index (χ1v) is 12.7. The molecule has 3 N–H and O–H groups in total. The summed E-state index contributed by atoms with van der Waals surface area (Å²) in [6.07, 6.45) is 0.192. The highest BCUT2D eigenvalue weighted by atomic mass is 19.3. The van der Waals surface area contributed by atoms with Crippen LogP contribution in [0.3, 0.4) is 0 Å². The Morgan fingerprint density at radius 3 is 2.47 bits per heavy atom. The van der Waals surface area contributed by atoms with Gasteiger partial charge in [0.15, 0.2) is 18.2 Å². The van der Waals surface area contributed by atoms with Gasteiger partial charge in [0.2, 0.25) is 5.91 Å². The van der Waals surface area contributed by atoms with Crippen molar-refractivity contribution in [2.24, 2.45) is 16.8 Å². The number of amides is 1. The predicted octanol–water partition coefficient (Wildman–Crippen LogP) is 4.71. The summed E-state index contributed by atoms with van der Waals surface area (Å²) in [4.78, 5) is 41.1. The number of rotatable bonds is 11. The molecule has 2 aromatic rings. The zero-order valence-corrected chi connectivity index (χ0v) is 21.3. The van der Waals surface area contributed by atoms with Crippen molar-refractivity contribution in [3.63, 3.8) is 0 Å². The smallest absolute Gasteiger partial charge is 0.427 e. The zero-order chi connectivity index (χ0) is 27.5. The van der Waals surface area contributed by atoms with Crippen LogP contribution >= 0.6 is 0 Å². The number of ether oxygens (including phenoxy) is 1. The minimum atomic E-state index is -2.81. The molecule has 0 radical (unpaired) electrons. The van der Waals surface area contributed by atoms with Crippen LogP contribution in [0.4, 0.5) is 13.6 Å². The molecule has 0 bridgehead atoms. The third-order valence-corrected chi connectivity index (χ3v) is 6.61. The number of oxime groups is 1. The highest BCUT2D eigenvalue weighted by Crippen LogP contribution is 2.36. The average molecular weight is 530 g/mol. The normalized spacial score (nSPS) is 18.5. The van der Waals surface area contributed by atoms with Gasteiger partial charge in [-0.05, 0) is 49.7 Å². The van der Waals surface area contributed by atoms with Gasteiger partial charge < -0.3 is 15.8 Å². The SMILES string of the molecule is C[C@H](NC(=O)[C@@H]1CCC[C@H](c2ccccc2)C1)C(=O)CCc1ccc(/C(N)=N/OC(=O)OCC(F)F)cc1. The number of halogens is 2. The van der Waals surface area contributed by atoms with Crippen LogP contribution in [0, 0.1) is 5.92 Å². The molecule has 10 heteroatoms. The molecule has 1 fully saturated rings. The molecule has 38 heavy (non-hydrogen) atoms. The summed E-state index contributed by atoms with van der Waals surface area (Å²) >= 11 is 0. The second-order valence-corrected chi connectivity index (χ2v) is 9.38. The van der Waals surface area contributed by atoms with Crippen molar-refractivity contribution < 1.29 is 32.7 Å². The quantitative estimate of drug-likeness (QED) is 0.143. The lowest BCUT2D eigenvalue weighted by Crippen LogP contribution is -2.42. The molecule has 0 saturated heterocycles. The minimum Gasteiger partial charge on any atom is -0.427 e. The van der Waals surface area contributed by atoms with Gasteiger partial charge in [-0.15, -0.1) is 0 Å². The van der Waals surface area contributed by atoms with Crippen LogP contribution in [-0.2, 0) is 25.6 Å². The fourth-order valence-corrected chi connectivity index (χ4v) is 4.49. The Balaban J connectivity index is 1.43.